The van der Waals surface area contributed by atoms with E-state index in [0.29, 0.717) is 0 Å². The summed E-state index contributed by atoms with van der Waals surface area (Å²) in [6.45, 7) is 10.7. The zero-order valence-electron chi connectivity index (χ0n) is 8.90. The monoisotopic (exact) mass is 166 g/mol. The first kappa shape index (κ1) is 10.1. The molecule has 0 aromatic heterocycles. The highest BCUT2D eigenvalue weighted by Crippen LogP contribution is 2.51. The summed E-state index contributed by atoms with van der Waals surface area (Å²) in [5, 5.41) is 0. The molecule has 0 N–H and O–H groups in total. The predicted molar refractivity (Wildman–Crippen MR) is 52.3 cm³/mol. The van der Waals surface area contributed by atoms with Crippen molar-refractivity contribution in [1.29, 1.82) is 0 Å². The summed E-state index contributed by atoms with van der Waals surface area (Å²) >= 11 is 0. The van der Waals surface area contributed by atoms with E-state index >= 15 is 0 Å². The molecule has 12 heavy (non-hydrogen) atoms. The average molecular weight is 166 g/mol. The summed E-state index contributed by atoms with van der Waals surface area (Å²) in [5.74, 6) is 0. The summed E-state index contributed by atoms with van der Waals surface area (Å²) in [5.41, 5.74) is -0.310. The second kappa shape index (κ2) is 2.51. The number of ether oxygens (including phenoxy) is 1. The van der Waals surface area contributed by atoms with Crippen molar-refractivity contribution in [3.63, 3.8) is 0 Å². The molecule has 1 nitrogen and oxygen atoms in total. The van der Waals surface area contributed by atoms with Gasteiger partial charge in [0.25, 0.3) is 0 Å². The molecular weight excluding hydrogens is 147 g/mol. The Kier molecular flexibility index (Phi) is 2.11. The molecule has 2 radical (unpaired) electrons. The third-order valence-corrected chi connectivity index (χ3v) is 3.36. The van der Waals surface area contributed by atoms with E-state index in [2.05, 4.69) is 27.7 Å². The molecule has 1 aliphatic rings. The van der Waals surface area contributed by atoms with Gasteiger partial charge >= 0.3 is 0 Å². The summed E-state index contributed by atoms with van der Waals surface area (Å²) in [6, 6.07) is 0. The van der Waals surface area contributed by atoms with Crippen LogP contribution in [0.2, 0.25) is 0 Å². The van der Waals surface area contributed by atoms with Crippen LogP contribution < -0.4 is 0 Å². The summed E-state index contributed by atoms with van der Waals surface area (Å²) < 4.78 is 5.88. The van der Waals surface area contributed by atoms with Gasteiger partial charge in [0, 0.05) is 5.50 Å². The zero-order valence-corrected chi connectivity index (χ0v) is 8.90. The molecule has 0 spiro atoms. The maximum Gasteiger partial charge on any atom is 0.113 e. The first-order chi connectivity index (χ1) is 5.22. The van der Waals surface area contributed by atoms with E-state index < -0.39 is 5.50 Å². The van der Waals surface area contributed by atoms with Crippen molar-refractivity contribution in [3.05, 3.63) is 0 Å². The fourth-order valence-electron chi connectivity index (χ4n) is 2.30. The molecule has 1 saturated heterocycles. The van der Waals surface area contributed by atoms with Gasteiger partial charge in [-0.3, -0.25) is 0 Å². The summed E-state index contributed by atoms with van der Waals surface area (Å²) in [4.78, 5) is 0. The van der Waals surface area contributed by atoms with Gasteiger partial charge < -0.3 is 4.74 Å². The lowest BCUT2D eigenvalue weighted by atomic mass is 9.68. The molecule has 2 atom stereocenters. The fraction of sp³-hybridized carbons (Fsp3) is 1.00. The molecule has 1 heterocycles. The minimum atomic E-state index is -0.436. The third-order valence-electron chi connectivity index (χ3n) is 3.36. The van der Waals surface area contributed by atoms with Gasteiger partial charge in [0.2, 0.25) is 0 Å². The second-order valence-corrected chi connectivity index (χ2v) is 5.06. The molecule has 1 rings (SSSR count). The quantitative estimate of drug-likeness (QED) is 0.543. The number of hydrogen-bond acceptors (Lipinski definition) is 1. The summed E-state index contributed by atoms with van der Waals surface area (Å²) in [7, 11) is 5.98. The molecule has 2 heteroatoms. The van der Waals surface area contributed by atoms with Crippen LogP contribution in [0.4, 0.5) is 0 Å². The first-order valence-corrected chi connectivity index (χ1v) is 4.71. The van der Waals surface area contributed by atoms with Gasteiger partial charge in [0.1, 0.15) is 7.85 Å². The van der Waals surface area contributed by atoms with Crippen LogP contribution in [-0.2, 0) is 4.74 Å². The van der Waals surface area contributed by atoms with E-state index in [1.807, 2.05) is 6.92 Å². The topological polar surface area (TPSA) is 9.23 Å². The van der Waals surface area contributed by atoms with E-state index in [1.165, 1.54) is 0 Å². The van der Waals surface area contributed by atoms with Crippen molar-refractivity contribution < 1.29 is 4.74 Å². The zero-order chi connectivity index (χ0) is 9.62. The van der Waals surface area contributed by atoms with Crippen molar-refractivity contribution in [3.8, 4) is 0 Å². The van der Waals surface area contributed by atoms with E-state index in [1.54, 1.807) is 0 Å². The molecule has 0 amide bonds. The summed E-state index contributed by atoms with van der Waals surface area (Å²) in [6.07, 6.45) is 1.96. The van der Waals surface area contributed by atoms with E-state index in [0.717, 1.165) is 12.8 Å². The van der Waals surface area contributed by atoms with Crippen molar-refractivity contribution in [1.82, 2.24) is 0 Å². The molecular formula is C10H19BO. The lowest BCUT2D eigenvalue weighted by molar-refractivity contribution is -0.0776. The normalized spacial score (nSPS) is 46.4. The van der Waals surface area contributed by atoms with Gasteiger partial charge in [-0.2, -0.15) is 0 Å². The Labute approximate surface area is 77.3 Å². The Bertz CT molecular complexity index is 186. The second-order valence-electron chi connectivity index (χ2n) is 5.06. The molecule has 0 aromatic rings. The molecule has 1 fully saturated rings. The fourth-order valence-corrected chi connectivity index (χ4v) is 2.30. The van der Waals surface area contributed by atoms with E-state index in [9.17, 15) is 0 Å². The highest BCUT2D eigenvalue weighted by atomic mass is 16.5. The average Bonchev–Trinajstić information content (AvgIpc) is 1.98. The number of hydrogen-bond donors (Lipinski definition) is 0. The van der Waals surface area contributed by atoms with Crippen LogP contribution in [-0.4, -0.2) is 18.9 Å². The third kappa shape index (κ3) is 1.41. The molecule has 0 aliphatic carbocycles. The van der Waals surface area contributed by atoms with Crippen LogP contribution >= 0.6 is 0 Å². The minimum absolute atomic E-state index is 0.0590. The van der Waals surface area contributed by atoms with Gasteiger partial charge in [-0.1, -0.05) is 20.8 Å². The van der Waals surface area contributed by atoms with E-state index in [4.69, 9.17) is 12.6 Å². The Morgan fingerprint density at radius 2 is 1.75 bits per heavy atom. The first-order valence-electron chi connectivity index (χ1n) is 4.71. The lowest BCUT2D eigenvalue weighted by Crippen LogP contribution is -2.38. The largest absolute Gasteiger partial charge is 0.378 e. The predicted octanol–water partition coefficient (Wildman–Crippen LogP) is 2.49. The van der Waals surface area contributed by atoms with Crippen molar-refractivity contribution >= 4 is 7.85 Å². The van der Waals surface area contributed by atoms with Crippen molar-refractivity contribution in [2.24, 2.45) is 5.41 Å². The Balaban J connectivity index is 2.92. The minimum Gasteiger partial charge on any atom is -0.378 e. The Hall–Kier alpha value is 0.0249. The van der Waals surface area contributed by atoms with Crippen molar-refractivity contribution in [2.45, 2.75) is 58.6 Å². The van der Waals surface area contributed by atoms with Gasteiger partial charge in [-0.25, -0.2) is 0 Å². The van der Waals surface area contributed by atoms with E-state index in [-0.39, 0.29) is 11.0 Å². The van der Waals surface area contributed by atoms with Gasteiger partial charge in [0.05, 0.1) is 5.60 Å². The highest BCUT2D eigenvalue weighted by Gasteiger charge is 2.52. The Morgan fingerprint density at radius 1 is 1.25 bits per heavy atom. The maximum absolute atomic E-state index is 5.98. The molecule has 2 unspecified atom stereocenters. The molecule has 0 saturated carbocycles. The molecule has 0 aromatic carbocycles. The smallest absolute Gasteiger partial charge is 0.113 e. The standard InChI is InChI=1S/C10H19BO/c1-6-9(4)8(2,3)7-10(5,11)12-9/h6-7H2,1-5H3. The molecule has 1 aliphatic heterocycles. The highest BCUT2D eigenvalue weighted by molar-refractivity contribution is 6.14. The SMILES string of the molecule is [B]C1(C)CC(C)(C)C(C)(CC)O1. The molecule has 68 valence electrons. The van der Waals surface area contributed by atoms with Gasteiger partial charge in [-0.05, 0) is 32.1 Å². The van der Waals surface area contributed by atoms with Crippen LogP contribution in [0.5, 0.6) is 0 Å². The van der Waals surface area contributed by atoms with Crippen LogP contribution in [0.3, 0.4) is 0 Å². The van der Waals surface area contributed by atoms with Gasteiger partial charge in [-0.15, -0.1) is 0 Å². The molecule has 0 bridgehead atoms. The van der Waals surface area contributed by atoms with Crippen molar-refractivity contribution in [2.75, 3.05) is 0 Å². The van der Waals surface area contributed by atoms with Gasteiger partial charge in [0.15, 0.2) is 0 Å². The van der Waals surface area contributed by atoms with Crippen LogP contribution in [0.15, 0.2) is 0 Å². The number of rotatable bonds is 1. The maximum atomic E-state index is 5.98. The Morgan fingerprint density at radius 3 is 1.92 bits per heavy atom. The van der Waals surface area contributed by atoms with Crippen LogP contribution in [0.25, 0.3) is 0 Å². The lowest BCUT2D eigenvalue weighted by Gasteiger charge is -2.36. The van der Waals surface area contributed by atoms with Crippen LogP contribution in [0, 0.1) is 5.41 Å². The van der Waals surface area contributed by atoms with Crippen LogP contribution in [0.1, 0.15) is 47.5 Å².